The molecule has 134 valence electrons. The summed E-state index contributed by atoms with van der Waals surface area (Å²) >= 11 is 0.800. The fraction of sp³-hybridized carbons (Fsp3) is 0.467. The standard InChI is InChI=1S/C15H20F3N3O2S/c1-8(2)14(19)15(23)20-6-13(22)21-10-5-9(16)3-4-11(10)24-7-12(17)18/h3-5,8,12,14H,6-7,19H2,1-2H3,(H,20,23)(H,21,22)/t14-/m0/s1. The van der Waals surface area contributed by atoms with Gasteiger partial charge in [-0.1, -0.05) is 13.8 Å². The molecule has 9 heteroatoms. The van der Waals surface area contributed by atoms with E-state index in [0.29, 0.717) is 4.90 Å². The Balaban J connectivity index is 2.65. The maximum absolute atomic E-state index is 13.3. The maximum atomic E-state index is 13.3. The van der Waals surface area contributed by atoms with E-state index in [1.807, 2.05) is 0 Å². The van der Waals surface area contributed by atoms with Crippen molar-refractivity contribution in [3.63, 3.8) is 0 Å². The van der Waals surface area contributed by atoms with Crippen LogP contribution in [0, 0.1) is 11.7 Å². The molecule has 0 saturated heterocycles. The molecule has 1 rings (SSSR count). The Kier molecular flexibility index (Phi) is 8.06. The lowest BCUT2D eigenvalue weighted by molar-refractivity contribution is -0.125. The first-order valence-corrected chi connectivity index (χ1v) is 8.23. The van der Waals surface area contributed by atoms with Gasteiger partial charge in [-0.3, -0.25) is 9.59 Å². The van der Waals surface area contributed by atoms with Crippen LogP contribution < -0.4 is 16.4 Å². The highest BCUT2D eigenvalue weighted by molar-refractivity contribution is 7.99. The third-order valence-electron chi connectivity index (χ3n) is 3.02. The molecule has 1 aromatic rings. The number of hydrogen-bond donors (Lipinski definition) is 3. The molecular weight excluding hydrogens is 343 g/mol. The molecule has 1 aromatic carbocycles. The lowest BCUT2D eigenvalue weighted by atomic mass is 10.1. The summed E-state index contributed by atoms with van der Waals surface area (Å²) in [6, 6.07) is 2.72. The zero-order valence-corrected chi connectivity index (χ0v) is 14.1. The third kappa shape index (κ3) is 6.79. The van der Waals surface area contributed by atoms with Gasteiger partial charge in [0.1, 0.15) is 5.82 Å². The summed E-state index contributed by atoms with van der Waals surface area (Å²) in [5.41, 5.74) is 5.72. The van der Waals surface area contributed by atoms with Crippen LogP contribution in [0.5, 0.6) is 0 Å². The van der Waals surface area contributed by atoms with Gasteiger partial charge < -0.3 is 16.4 Å². The van der Waals surface area contributed by atoms with Gasteiger partial charge in [-0.2, -0.15) is 0 Å². The largest absolute Gasteiger partial charge is 0.346 e. The number of alkyl halides is 2. The lowest BCUT2D eigenvalue weighted by Gasteiger charge is -2.15. The molecule has 24 heavy (non-hydrogen) atoms. The zero-order valence-electron chi connectivity index (χ0n) is 13.3. The number of carbonyl (C=O) groups is 2. The van der Waals surface area contributed by atoms with E-state index in [4.69, 9.17) is 5.73 Å². The van der Waals surface area contributed by atoms with Gasteiger partial charge in [0.05, 0.1) is 24.0 Å². The molecule has 0 fully saturated rings. The minimum atomic E-state index is -2.53. The van der Waals surface area contributed by atoms with E-state index < -0.39 is 35.9 Å². The molecule has 0 heterocycles. The van der Waals surface area contributed by atoms with E-state index >= 15 is 0 Å². The molecule has 1 atom stereocenters. The molecule has 0 aromatic heterocycles. The normalized spacial score (nSPS) is 12.3. The van der Waals surface area contributed by atoms with Gasteiger partial charge >= 0.3 is 0 Å². The number of nitrogens with one attached hydrogen (secondary N) is 2. The Bertz CT molecular complexity index is 585. The van der Waals surface area contributed by atoms with E-state index in [0.717, 1.165) is 23.9 Å². The van der Waals surface area contributed by atoms with Crippen molar-refractivity contribution >= 4 is 29.3 Å². The van der Waals surface area contributed by atoms with Crippen molar-refractivity contribution < 1.29 is 22.8 Å². The fourth-order valence-corrected chi connectivity index (χ4v) is 2.40. The predicted molar refractivity (Wildman–Crippen MR) is 87.6 cm³/mol. The van der Waals surface area contributed by atoms with Crippen molar-refractivity contribution in [2.75, 3.05) is 17.6 Å². The monoisotopic (exact) mass is 363 g/mol. The highest BCUT2D eigenvalue weighted by Crippen LogP contribution is 2.29. The van der Waals surface area contributed by atoms with E-state index in [1.54, 1.807) is 13.8 Å². The number of hydrogen-bond acceptors (Lipinski definition) is 4. The summed E-state index contributed by atoms with van der Waals surface area (Å²) in [6.45, 7) is 3.18. The molecule has 4 N–H and O–H groups in total. The number of carbonyl (C=O) groups excluding carboxylic acids is 2. The Labute approximate surface area is 142 Å². The van der Waals surface area contributed by atoms with E-state index in [1.165, 1.54) is 6.07 Å². The summed E-state index contributed by atoms with van der Waals surface area (Å²) in [5, 5.41) is 4.77. The maximum Gasteiger partial charge on any atom is 0.247 e. The lowest BCUT2D eigenvalue weighted by Crippen LogP contribution is -2.46. The van der Waals surface area contributed by atoms with Crippen molar-refractivity contribution in [3.8, 4) is 0 Å². The quantitative estimate of drug-likeness (QED) is 0.619. The van der Waals surface area contributed by atoms with Gasteiger partial charge in [0, 0.05) is 4.90 Å². The van der Waals surface area contributed by atoms with E-state index in [2.05, 4.69) is 10.6 Å². The molecule has 0 radical (unpaired) electrons. The zero-order chi connectivity index (χ0) is 18.3. The van der Waals surface area contributed by atoms with Crippen molar-refractivity contribution in [2.24, 2.45) is 11.7 Å². The molecule has 0 unspecified atom stereocenters. The van der Waals surface area contributed by atoms with Gasteiger partial charge in [0.15, 0.2) is 0 Å². The molecule has 0 bridgehead atoms. The van der Waals surface area contributed by atoms with Gasteiger partial charge in [-0.15, -0.1) is 11.8 Å². The second kappa shape index (κ2) is 9.53. The van der Waals surface area contributed by atoms with Crippen molar-refractivity contribution in [1.29, 1.82) is 0 Å². The summed E-state index contributed by atoms with van der Waals surface area (Å²) in [7, 11) is 0. The average molecular weight is 363 g/mol. The summed E-state index contributed by atoms with van der Waals surface area (Å²) in [4.78, 5) is 23.9. The number of nitrogens with two attached hydrogens (primary N) is 1. The summed E-state index contributed by atoms with van der Waals surface area (Å²) in [5.74, 6) is -2.27. The molecule has 0 spiro atoms. The molecule has 2 amide bonds. The second-order valence-electron chi connectivity index (χ2n) is 5.38. The van der Waals surface area contributed by atoms with E-state index in [9.17, 15) is 22.8 Å². The Morgan fingerprint density at radius 1 is 1.29 bits per heavy atom. The van der Waals surface area contributed by atoms with Crippen LogP contribution in [-0.4, -0.2) is 36.6 Å². The van der Waals surface area contributed by atoms with Gasteiger partial charge in [0.2, 0.25) is 18.2 Å². The van der Waals surface area contributed by atoms with Gasteiger partial charge in [-0.25, -0.2) is 13.2 Å². The average Bonchev–Trinajstić information content (AvgIpc) is 2.50. The highest BCUT2D eigenvalue weighted by Gasteiger charge is 2.18. The van der Waals surface area contributed by atoms with Gasteiger partial charge in [0.25, 0.3) is 0 Å². The van der Waals surface area contributed by atoms with Crippen LogP contribution in [0.15, 0.2) is 23.1 Å². The predicted octanol–water partition coefficient (Wildman–Crippen LogP) is 2.22. The highest BCUT2D eigenvalue weighted by atomic mass is 32.2. The Morgan fingerprint density at radius 2 is 1.96 bits per heavy atom. The second-order valence-corrected chi connectivity index (χ2v) is 6.44. The molecule has 0 aliphatic heterocycles. The molecule has 5 nitrogen and oxygen atoms in total. The van der Waals surface area contributed by atoms with Crippen LogP contribution in [0.1, 0.15) is 13.8 Å². The number of thioether (sulfide) groups is 1. The first-order valence-electron chi connectivity index (χ1n) is 7.24. The minimum Gasteiger partial charge on any atom is -0.346 e. The SMILES string of the molecule is CC(C)[C@H](N)C(=O)NCC(=O)Nc1cc(F)ccc1SCC(F)F. The van der Waals surface area contributed by atoms with Crippen LogP contribution >= 0.6 is 11.8 Å². The first kappa shape index (κ1) is 20.3. The number of rotatable bonds is 8. The number of amides is 2. The molecular formula is C15H20F3N3O2S. The van der Waals surface area contributed by atoms with Gasteiger partial charge in [-0.05, 0) is 24.1 Å². The smallest absolute Gasteiger partial charge is 0.247 e. The first-order chi connectivity index (χ1) is 11.2. The van der Waals surface area contributed by atoms with Crippen LogP contribution in [0.2, 0.25) is 0 Å². The molecule has 0 aliphatic carbocycles. The number of halogens is 3. The Morgan fingerprint density at radius 3 is 2.54 bits per heavy atom. The van der Waals surface area contributed by atoms with Crippen LogP contribution in [0.4, 0.5) is 18.9 Å². The topological polar surface area (TPSA) is 84.2 Å². The fourth-order valence-electron chi connectivity index (χ4n) is 1.66. The third-order valence-corrected chi connectivity index (χ3v) is 4.11. The van der Waals surface area contributed by atoms with Crippen LogP contribution in [-0.2, 0) is 9.59 Å². The molecule has 0 aliphatic rings. The number of anilines is 1. The molecule has 0 saturated carbocycles. The number of benzene rings is 1. The van der Waals surface area contributed by atoms with Crippen LogP contribution in [0.3, 0.4) is 0 Å². The Hall–Kier alpha value is -1.74. The minimum absolute atomic E-state index is 0.0769. The van der Waals surface area contributed by atoms with Crippen molar-refractivity contribution in [1.82, 2.24) is 5.32 Å². The van der Waals surface area contributed by atoms with Crippen molar-refractivity contribution in [3.05, 3.63) is 24.0 Å². The van der Waals surface area contributed by atoms with Crippen molar-refractivity contribution in [2.45, 2.75) is 31.2 Å². The summed E-state index contributed by atoms with van der Waals surface area (Å²) < 4.78 is 37.9. The van der Waals surface area contributed by atoms with E-state index in [-0.39, 0.29) is 18.2 Å². The van der Waals surface area contributed by atoms with Crippen LogP contribution in [0.25, 0.3) is 0 Å². The summed E-state index contributed by atoms with van der Waals surface area (Å²) in [6.07, 6.45) is -2.53.